The molecule has 3 nitrogen and oxygen atoms in total. The van der Waals surface area contributed by atoms with Gasteiger partial charge in [0.2, 0.25) is 0 Å². The Balaban J connectivity index is 2.20. The smallest absolute Gasteiger partial charge is 0.258 e. The molecular formula is C12H14ClFN2O. The van der Waals surface area contributed by atoms with Crippen molar-refractivity contribution in [3.63, 3.8) is 0 Å². The maximum absolute atomic E-state index is 13.6. The van der Waals surface area contributed by atoms with Gasteiger partial charge < -0.3 is 10.6 Å². The lowest BCUT2D eigenvalue weighted by atomic mass is 10.0. The topological polar surface area (TPSA) is 46.3 Å². The fraction of sp³-hybridized carbons (Fsp3) is 0.417. The van der Waals surface area contributed by atoms with Gasteiger partial charge in [-0.3, -0.25) is 4.79 Å². The van der Waals surface area contributed by atoms with Crippen molar-refractivity contribution in [2.75, 3.05) is 13.1 Å². The number of hydrogen-bond acceptors (Lipinski definition) is 2. The van der Waals surface area contributed by atoms with Gasteiger partial charge in [0.1, 0.15) is 5.82 Å². The van der Waals surface area contributed by atoms with Gasteiger partial charge >= 0.3 is 0 Å². The molecule has 17 heavy (non-hydrogen) atoms. The lowest BCUT2D eigenvalue weighted by Gasteiger charge is -2.30. The molecule has 0 aromatic heterocycles. The van der Waals surface area contributed by atoms with Gasteiger partial charge in [-0.05, 0) is 25.0 Å². The van der Waals surface area contributed by atoms with Gasteiger partial charge in [-0.1, -0.05) is 17.7 Å². The van der Waals surface area contributed by atoms with Crippen molar-refractivity contribution in [2.45, 2.75) is 18.9 Å². The van der Waals surface area contributed by atoms with Crippen molar-refractivity contribution in [2.24, 2.45) is 5.73 Å². The first-order valence-electron chi connectivity index (χ1n) is 5.58. The minimum atomic E-state index is -0.572. The quantitative estimate of drug-likeness (QED) is 0.836. The number of halogens is 2. The predicted octanol–water partition coefficient (Wildman–Crippen LogP) is 2.04. The Labute approximate surface area is 104 Å². The maximum atomic E-state index is 13.6. The lowest BCUT2D eigenvalue weighted by Crippen LogP contribution is -2.43. The largest absolute Gasteiger partial charge is 0.338 e. The molecule has 0 aliphatic carbocycles. The first kappa shape index (κ1) is 12.3. The monoisotopic (exact) mass is 256 g/mol. The van der Waals surface area contributed by atoms with Gasteiger partial charge in [-0.15, -0.1) is 0 Å². The van der Waals surface area contributed by atoms with E-state index in [4.69, 9.17) is 17.3 Å². The Kier molecular flexibility index (Phi) is 3.64. The lowest BCUT2D eigenvalue weighted by molar-refractivity contribution is 0.0710. The van der Waals surface area contributed by atoms with E-state index in [0.717, 1.165) is 12.8 Å². The Hall–Kier alpha value is -1.13. The highest BCUT2D eigenvalue weighted by Crippen LogP contribution is 2.22. The molecule has 0 bridgehead atoms. The summed E-state index contributed by atoms with van der Waals surface area (Å²) < 4.78 is 13.6. The average Bonchev–Trinajstić information content (AvgIpc) is 2.29. The van der Waals surface area contributed by atoms with Gasteiger partial charge in [0.25, 0.3) is 5.91 Å². The molecular weight excluding hydrogens is 243 g/mol. The first-order valence-corrected chi connectivity index (χ1v) is 5.96. The minimum Gasteiger partial charge on any atom is -0.338 e. The summed E-state index contributed by atoms with van der Waals surface area (Å²) in [6.45, 7) is 1.12. The number of piperidine rings is 1. The maximum Gasteiger partial charge on any atom is 0.258 e. The number of hydrogen-bond donors (Lipinski definition) is 1. The highest BCUT2D eigenvalue weighted by atomic mass is 35.5. The van der Waals surface area contributed by atoms with Crippen LogP contribution in [0.3, 0.4) is 0 Å². The molecule has 1 amide bonds. The number of carbonyl (C=O) groups excluding carboxylic acids is 1. The molecule has 1 saturated heterocycles. The van der Waals surface area contributed by atoms with Gasteiger partial charge in [0.05, 0.1) is 10.6 Å². The standard InChI is InChI=1S/C12H14ClFN2O/c13-9-2-1-3-10(14)11(9)12(17)16-6-4-8(15)5-7-16/h1-3,8H,4-7,15H2. The van der Waals surface area contributed by atoms with E-state index in [2.05, 4.69) is 0 Å². The van der Waals surface area contributed by atoms with Crippen molar-refractivity contribution in [3.05, 3.63) is 34.6 Å². The van der Waals surface area contributed by atoms with E-state index in [0.29, 0.717) is 13.1 Å². The molecule has 1 aliphatic heterocycles. The summed E-state index contributed by atoms with van der Waals surface area (Å²) in [5.74, 6) is -0.919. The van der Waals surface area contributed by atoms with Crippen LogP contribution in [0.4, 0.5) is 4.39 Å². The molecule has 1 aromatic carbocycles. The SMILES string of the molecule is NC1CCN(C(=O)c2c(F)cccc2Cl)CC1. The van der Waals surface area contributed by atoms with Crippen molar-refractivity contribution < 1.29 is 9.18 Å². The molecule has 0 atom stereocenters. The molecule has 1 aliphatic rings. The van der Waals surface area contributed by atoms with Gasteiger partial charge in [0.15, 0.2) is 0 Å². The summed E-state index contributed by atoms with van der Waals surface area (Å²) >= 11 is 5.86. The zero-order chi connectivity index (χ0) is 12.4. The highest BCUT2D eigenvalue weighted by molar-refractivity contribution is 6.33. The van der Waals surface area contributed by atoms with Crippen LogP contribution in [0.5, 0.6) is 0 Å². The molecule has 2 rings (SSSR count). The van der Waals surface area contributed by atoms with Crippen molar-refractivity contribution in [1.29, 1.82) is 0 Å². The van der Waals surface area contributed by atoms with E-state index >= 15 is 0 Å². The Morgan fingerprint density at radius 3 is 2.65 bits per heavy atom. The van der Waals surface area contributed by atoms with Crippen LogP contribution in [0.15, 0.2) is 18.2 Å². The third-order valence-electron chi connectivity index (χ3n) is 3.00. The van der Waals surface area contributed by atoms with E-state index in [1.165, 1.54) is 18.2 Å². The zero-order valence-corrected chi connectivity index (χ0v) is 10.1. The number of rotatable bonds is 1. The second-order valence-electron chi connectivity index (χ2n) is 4.23. The summed E-state index contributed by atoms with van der Waals surface area (Å²) in [4.78, 5) is 13.7. The number of nitrogens with two attached hydrogens (primary N) is 1. The Morgan fingerprint density at radius 2 is 2.06 bits per heavy atom. The second-order valence-corrected chi connectivity index (χ2v) is 4.63. The van der Waals surface area contributed by atoms with Crippen LogP contribution in [0, 0.1) is 5.82 Å². The first-order chi connectivity index (χ1) is 8.09. The highest BCUT2D eigenvalue weighted by Gasteiger charge is 2.25. The molecule has 0 saturated carbocycles. The third-order valence-corrected chi connectivity index (χ3v) is 3.32. The summed E-state index contributed by atoms with van der Waals surface area (Å²) in [5, 5.41) is 0.157. The van der Waals surface area contributed by atoms with E-state index in [-0.39, 0.29) is 22.5 Å². The summed E-state index contributed by atoms with van der Waals surface area (Å²) in [7, 11) is 0. The Morgan fingerprint density at radius 1 is 1.41 bits per heavy atom. The van der Waals surface area contributed by atoms with Crippen LogP contribution in [-0.2, 0) is 0 Å². The number of benzene rings is 1. The van der Waals surface area contributed by atoms with Crippen LogP contribution in [0.2, 0.25) is 5.02 Å². The van der Waals surface area contributed by atoms with E-state index in [1.54, 1.807) is 4.90 Å². The van der Waals surface area contributed by atoms with Crippen LogP contribution in [0.1, 0.15) is 23.2 Å². The molecule has 1 aromatic rings. The second kappa shape index (κ2) is 5.02. The molecule has 1 fully saturated rings. The summed E-state index contributed by atoms with van der Waals surface area (Å²) in [6, 6.07) is 4.39. The van der Waals surface area contributed by atoms with Crippen LogP contribution in [0.25, 0.3) is 0 Å². The third kappa shape index (κ3) is 2.58. The fourth-order valence-corrected chi connectivity index (χ4v) is 2.21. The normalized spacial score (nSPS) is 17.2. The molecule has 1 heterocycles. The van der Waals surface area contributed by atoms with E-state index < -0.39 is 5.82 Å². The van der Waals surface area contributed by atoms with Crippen LogP contribution < -0.4 is 5.73 Å². The Bertz CT molecular complexity index is 410. The van der Waals surface area contributed by atoms with Gasteiger partial charge in [0, 0.05) is 19.1 Å². The molecule has 0 unspecified atom stereocenters. The molecule has 0 radical (unpaired) electrons. The van der Waals surface area contributed by atoms with E-state index in [9.17, 15) is 9.18 Å². The number of amides is 1. The molecule has 0 spiro atoms. The average molecular weight is 257 g/mol. The van der Waals surface area contributed by atoms with Gasteiger partial charge in [-0.25, -0.2) is 4.39 Å². The van der Waals surface area contributed by atoms with Crippen molar-refractivity contribution >= 4 is 17.5 Å². The number of carbonyl (C=O) groups is 1. The molecule has 92 valence electrons. The predicted molar refractivity (Wildman–Crippen MR) is 64.5 cm³/mol. The van der Waals surface area contributed by atoms with Crippen molar-refractivity contribution in [1.82, 2.24) is 4.90 Å². The fourth-order valence-electron chi connectivity index (χ4n) is 1.96. The molecule has 5 heteroatoms. The molecule has 2 N–H and O–H groups in total. The minimum absolute atomic E-state index is 0.0374. The van der Waals surface area contributed by atoms with Crippen LogP contribution >= 0.6 is 11.6 Å². The van der Waals surface area contributed by atoms with Crippen LogP contribution in [-0.4, -0.2) is 29.9 Å². The number of likely N-dealkylation sites (tertiary alicyclic amines) is 1. The van der Waals surface area contributed by atoms with Gasteiger partial charge in [-0.2, -0.15) is 0 Å². The van der Waals surface area contributed by atoms with Crippen molar-refractivity contribution in [3.8, 4) is 0 Å². The summed E-state index contributed by atoms with van der Waals surface area (Å²) in [6.07, 6.45) is 1.50. The zero-order valence-electron chi connectivity index (χ0n) is 9.33. The van der Waals surface area contributed by atoms with E-state index in [1.807, 2.05) is 0 Å². The summed E-state index contributed by atoms with van der Waals surface area (Å²) in [5.41, 5.74) is 5.72. The number of nitrogens with zero attached hydrogens (tertiary/aromatic N) is 1.